The molecule has 0 aliphatic heterocycles. The van der Waals surface area contributed by atoms with Crippen LogP contribution in [0, 0.1) is 0 Å². The molecule has 0 amide bonds. The van der Waals surface area contributed by atoms with E-state index in [4.69, 9.17) is 11.6 Å². The average molecular weight is 433 g/mol. The zero-order valence-corrected chi connectivity index (χ0v) is 17.4. The Bertz CT molecular complexity index is 1260. The highest BCUT2D eigenvalue weighted by atomic mass is 35.5. The van der Waals surface area contributed by atoms with Crippen LogP contribution < -0.4 is 0 Å². The number of benzene rings is 3. The zero-order chi connectivity index (χ0) is 19.6. The topological polar surface area (TPSA) is 51.6 Å². The Balaban J connectivity index is 1.45. The van der Waals surface area contributed by atoms with E-state index in [0.717, 1.165) is 42.3 Å². The van der Waals surface area contributed by atoms with Crippen LogP contribution in [0.2, 0.25) is 5.02 Å². The first-order valence-corrected chi connectivity index (χ1v) is 10.9. The van der Waals surface area contributed by atoms with Crippen LogP contribution in [0.4, 0.5) is 0 Å². The fourth-order valence-electron chi connectivity index (χ4n) is 2.87. The molecule has 0 radical (unpaired) electrons. The van der Waals surface area contributed by atoms with Gasteiger partial charge in [0.05, 0.1) is 0 Å². The molecule has 0 N–H and O–H groups in total. The predicted molar refractivity (Wildman–Crippen MR) is 120 cm³/mol. The van der Waals surface area contributed by atoms with Crippen molar-refractivity contribution in [1.82, 2.24) is 20.4 Å². The van der Waals surface area contributed by atoms with Gasteiger partial charge in [0.25, 0.3) is 0 Å². The van der Waals surface area contributed by atoms with Gasteiger partial charge in [-0.15, -0.1) is 20.4 Å². The fraction of sp³-hybridized carbons (Fsp3) is 0. The maximum absolute atomic E-state index is 5.97. The molecule has 0 bridgehead atoms. The number of rotatable bonds is 4. The van der Waals surface area contributed by atoms with Gasteiger partial charge < -0.3 is 0 Å². The van der Waals surface area contributed by atoms with Crippen molar-refractivity contribution < 1.29 is 0 Å². The smallest absolute Gasteiger partial charge is 0.138 e. The van der Waals surface area contributed by atoms with Gasteiger partial charge in [-0.3, -0.25) is 0 Å². The Morgan fingerprint density at radius 1 is 0.483 bits per heavy atom. The molecule has 0 saturated carbocycles. The highest BCUT2D eigenvalue weighted by molar-refractivity contribution is 7.18. The zero-order valence-electron chi connectivity index (χ0n) is 15.0. The molecule has 5 aromatic rings. The van der Waals surface area contributed by atoms with Gasteiger partial charge in [-0.1, -0.05) is 94.9 Å². The van der Waals surface area contributed by atoms with E-state index in [-0.39, 0.29) is 0 Å². The van der Waals surface area contributed by atoms with Crippen LogP contribution in [0.25, 0.3) is 42.3 Å². The minimum absolute atomic E-state index is 0.707. The van der Waals surface area contributed by atoms with Crippen molar-refractivity contribution in [3.63, 3.8) is 0 Å². The first-order valence-electron chi connectivity index (χ1n) is 8.85. The number of nitrogens with zero attached hydrogens (tertiary/aromatic N) is 4. The molecular weight excluding hydrogens is 420 g/mol. The van der Waals surface area contributed by atoms with E-state index in [0.29, 0.717) is 5.02 Å². The Morgan fingerprint density at radius 3 is 1.48 bits per heavy atom. The lowest BCUT2D eigenvalue weighted by atomic mass is 10.1. The van der Waals surface area contributed by atoms with Gasteiger partial charge in [0.1, 0.15) is 20.0 Å². The molecule has 0 aliphatic carbocycles. The standard InChI is InChI=1S/C22H13ClN4S2/c23-18-11-9-15(10-12-18)20-25-27-22(29-20)17-8-4-7-16(13-17)21-26-24-19(28-21)14-5-2-1-3-6-14/h1-13H. The highest BCUT2D eigenvalue weighted by Crippen LogP contribution is 2.34. The van der Waals surface area contributed by atoms with Crippen LogP contribution in [-0.4, -0.2) is 20.4 Å². The van der Waals surface area contributed by atoms with Crippen molar-refractivity contribution in [2.45, 2.75) is 0 Å². The second-order valence-corrected chi connectivity index (χ2v) is 8.67. The van der Waals surface area contributed by atoms with Gasteiger partial charge >= 0.3 is 0 Å². The second-order valence-electron chi connectivity index (χ2n) is 6.28. The van der Waals surface area contributed by atoms with Crippen LogP contribution in [-0.2, 0) is 0 Å². The van der Waals surface area contributed by atoms with Crippen molar-refractivity contribution in [2.24, 2.45) is 0 Å². The van der Waals surface area contributed by atoms with E-state index in [9.17, 15) is 0 Å². The molecule has 0 fully saturated rings. The molecule has 0 unspecified atom stereocenters. The molecule has 3 aromatic carbocycles. The van der Waals surface area contributed by atoms with Gasteiger partial charge in [0.15, 0.2) is 0 Å². The van der Waals surface area contributed by atoms with Gasteiger partial charge in [-0.05, 0) is 18.2 Å². The van der Waals surface area contributed by atoms with Gasteiger partial charge in [-0.25, -0.2) is 0 Å². The molecule has 29 heavy (non-hydrogen) atoms. The summed E-state index contributed by atoms with van der Waals surface area (Å²) in [7, 11) is 0. The van der Waals surface area contributed by atoms with Crippen molar-refractivity contribution in [1.29, 1.82) is 0 Å². The normalized spacial score (nSPS) is 10.9. The van der Waals surface area contributed by atoms with Crippen molar-refractivity contribution in [3.8, 4) is 42.3 Å². The summed E-state index contributed by atoms with van der Waals surface area (Å²) < 4.78 is 0. The number of hydrogen-bond donors (Lipinski definition) is 0. The molecule has 2 heterocycles. The van der Waals surface area contributed by atoms with Crippen molar-refractivity contribution in [2.75, 3.05) is 0 Å². The SMILES string of the molecule is Clc1ccc(-c2nnc(-c3cccc(-c4nnc(-c5ccccc5)s4)c3)s2)cc1. The molecule has 2 aromatic heterocycles. The lowest BCUT2D eigenvalue weighted by Crippen LogP contribution is -1.81. The van der Waals surface area contributed by atoms with Gasteiger partial charge in [0.2, 0.25) is 0 Å². The van der Waals surface area contributed by atoms with E-state index >= 15 is 0 Å². The Labute approximate surface area is 180 Å². The molecule has 0 atom stereocenters. The average Bonchev–Trinajstić information content (AvgIpc) is 3.46. The van der Waals surface area contributed by atoms with Crippen LogP contribution in [0.1, 0.15) is 0 Å². The van der Waals surface area contributed by atoms with Crippen LogP contribution in [0.15, 0.2) is 78.9 Å². The Kier molecular flexibility index (Phi) is 4.89. The molecule has 5 rings (SSSR count). The predicted octanol–water partition coefficient (Wildman–Crippen LogP) is 6.71. The van der Waals surface area contributed by atoms with Crippen LogP contribution >= 0.6 is 34.3 Å². The van der Waals surface area contributed by atoms with Gasteiger partial charge in [-0.2, -0.15) is 0 Å². The van der Waals surface area contributed by atoms with E-state index in [2.05, 4.69) is 26.5 Å². The molecular formula is C22H13ClN4S2. The number of hydrogen-bond acceptors (Lipinski definition) is 6. The molecule has 0 spiro atoms. The second kappa shape index (κ2) is 7.83. The van der Waals surface area contributed by atoms with E-state index in [1.54, 1.807) is 22.7 Å². The molecule has 140 valence electrons. The van der Waals surface area contributed by atoms with Gasteiger partial charge in [0, 0.05) is 27.3 Å². The molecule has 0 aliphatic rings. The summed E-state index contributed by atoms with van der Waals surface area (Å²) in [4.78, 5) is 0. The maximum Gasteiger partial charge on any atom is 0.148 e. The summed E-state index contributed by atoms with van der Waals surface area (Å²) in [5.74, 6) is 0. The molecule has 4 nitrogen and oxygen atoms in total. The van der Waals surface area contributed by atoms with Crippen LogP contribution in [0.5, 0.6) is 0 Å². The summed E-state index contributed by atoms with van der Waals surface area (Å²) in [6, 6.07) is 25.9. The Morgan fingerprint density at radius 2 is 0.931 bits per heavy atom. The third-order valence-corrected chi connectivity index (χ3v) is 6.61. The fourth-order valence-corrected chi connectivity index (χ4v) is 4.69. The summed E-state index contributed by atoms with van der Waals surface area (Å²) in [6.07, 6.45) is 0. The maximum atomic E-state index is 5.97. The number of halogens is 1. The van der Waals surface area contributed by atoms with E-state index in [1.807, 2.05) is 72.8 Å². The minimum atomic E-state index is 0.707. The first-order chi connectivity index (χ1) is 14.3. The molecule has 0 saturated heterocycles. The highest BCUT2D eigenvalue weighted by Gasteiger charge is 2.12. The first kappa shape index (κ1) is 18.1. The van der Waals surface area contributed by atoms with Crippen LogP contribution in [0.3, 0.4) is 0 Å². The lowest BCUT2D eigenvalue weighted by Gasteiger charge is -1.99. The van der Waals surface area contributed by atoms with Crippen molar-refractivity contribution in [3.05, 3.63) is 83.9 Å². The number of aromatic nitrogens is 4. The summed E-state index contributed by atoms with van der Waals surface area (Å²) in [5.41, 5.74) is 4.11. The Hall–Kier alpha value is -2.93. The van der Waals surface area contributed by atoms with E-state index in [1.165, 1.54) is 0 Å². The molecule has 7 heteroatoms. The quantitative estimate of drug-likeness (QED) is 0.316. The monoisotopic (exact) mass is 432 g/mol. The summed E-state index contributed by atoms with van der Waals surface area (Å²) in [5, 5.41) is 21.7. The largest absolute Gasteiger partial charge is 0.148 e. The minimum Gasteiger partial charge on any atom is -0.138 e. The third-order valence-electron chi connectivity index (χ3n) is 4.32. The summed E-state index contributed by atoms with van der Waals surface area (Å²) >= 11 is 9.11. The van der Waals surface area contributed by atoms with Crippen molar-refractivity contribution >= 4 is 34.3 Å². The lowest BCUT2D eigenvalue weighted by molar-refractivity contribution is 1.10. The summed E-state index contributed by atoms with van der Waals surface area (Å²) in [6.45, 7) is 0. The third kappa shape index (κ3) is 3.82. The van der Waals surface area contributed by atoms with E-state index < -0.39 is 0 Å².